The number of carbonyl (C=O) groups excluding carboxylic acids is 1. The molecule has 2 rings (SSSR count). The van der Waals surface area contributed by atoms with Gasteiger partial charge in [0.05, 0.1) is 24.1 Å². The molecule has 0 N–H and O–H groups in total. The highest BCUT2D eigenvalue weighted by Gasteiger charge is 2.17. The Kier molecular flexibility index (Phi) is 4.63. The molecule has 6 heteroatoms. The van der Waals surface area contributed by atoms with Crippen LogP contribution >= 0.6 is 0 Å². The van der Waals surface area contributed by atoms with E-state index < -0.39 is 4.92 Å². The number of hydroxylamine groups is 1. The highest BCUT2D eigenvalue weighted by Crippen LogP contribution is 2.20. The fourth-order valence-corrected chi connectivity index (χ4v) is 1.90. The molecule has 0 fully saturated rings. The molecule has 0 saturated carbocycles. The number of hydrogen-bond acceptors (Lipinski definition) is 4. The summed E-state index contributed by atoms with van der Waals surface area (Å²) < 4.78 is 0. The van der Waals surface area contributed by atoms with Crippen LogP contribution in [0.2, 0.25) is 0 Å². The van der Waals surface area contributed by atoms with Crippen molar-refractivity contribution in [2.75, 3.05) is 12.2 Å². The topological polar surface area (TPSA) is 72.7 Å². The summed E-state index contributed by atoms with van der Waals surface area (Å²) in [7, 11) is 1.38. The van der Waals surface area contributed by atoms with E-state index in [1.165, 1.54) is 31.4 Å². The summed E-state index contributed by atoms with van der Waals surface area (Å²) in [5.74, 6) is -0.252. The van der Waals surface area contributed by atoms with Crippen LogP contribution in [0.15, 0.2) is 54.6 Å². The molecule has 0 heterocycles. The Morgan fingerprint density at radius 3 is 2.29 bits per heavy atom. The number of amides is 1. The van der Waals surface area contributed by atoms with Gasteiger partial charge in [-0.3, -0.25) is 19.7 Å². The fraction of sp³-hybridized carbons (Fsp3) is 0.133. The minimum absolute atomic E-state index is 0.0367. The van der Waals surface area contributed by atoms with E-state index in [2.05, 4.69) is 0 Å². The van der Waals surface area contributed by atoms with Crippen molar-refractivity contribution >= 4 is 17.3 Å². The Labute approximate surface area is 121 Å². The van der Waals surface area contributed by atoms with E-state index in [4.69, 9.17) is 4.84 Å². The van der Waals surface area contributed by atoms with Gasteiger partial charge < -0.3 is 0 Å². The molecule has 0 bridgehead atoms. The quantitative estimate of drug-likeness (QED) is 0.625. The number of non-ortho nitro benzene ring substituents is 1. The molecule has 0 unspecified atom stereocenters. The lowest BCUT2D eigenvalue weighted by Crippen LogP contribution is -2.31. The molecule has 21 heavy (non-hydrogen) atoms. The zero-order valence-corrected chi connectivity index (χ0v) is 11.4. The second kappa shape index (κ2) is 6.62. The maximum atomic E-state index is 12.2. The van der Waals surface area contributed by atoms with Gasteiger partial charge in [-0.05, 0) is 17.7 Å². The maximum absolute atomic E-state index is 12.2. The van der Waals surface area contributed by atoms with E-state index in [9.17, 15) is 14.9 Å². The summed E-state index contributed by atoms with van der Waals surface area (Å²) in [5, 5.41) is 11.7. The molecule has 6 nitrogen and oxygen atoms in total. The van der Waals surface area contributed by atoms with Crippen LogP contribution < -0.4 is 5.06 Å². The number of benzene rings is 2. The highest BCUT2D eigenvalue weighted by atomic mass is 16.7. The SMILES string of the molecule is CON(C(=O)Cc1ccccc1)c1ccc([N+](=O)[O-])cc1. The van der Waals surface area contributed by atoms with Crippen LogP contribution in [0.5, 0.6) is 0 Å². The van der Waals surface area contributed by atoms with Crippen molar-refractivity contribution in [3.8, 4) is 0 Å². The molecular formula is C15H14N2O4. The molecule has 2 aromatic carbocycles. The first-order chi connectivity index (χ1) is 10.1. The molecule has 2 aromatic rings. The average Bonchev–Trinajstić information content (AvgIpc) is 2.49. The van der Waals surface area contributed by atoms with Gasteiger partial charge in [-0.1, -0.05) is 30.3 Å². The number of carbonyl (C=O) groups is 1. The van der Waals surface area contributed by atoms with Gasteiger partial charge in [-0.15, -0.1) is 0 Å². The summed E-state index contributed by atoms with van der Waals surface area (Å²) in [6, 6.07) is 14.9. The third kappa shape index (κ3) is 3.64. The van der Waals surface area contributed by atoms with Gasteiger partial charge in [0, 0.05) is 12.1 Å². The molecule has 0 aromatic heterocycles. The maximum Gasteiger partial charge on any atom is 0.269 e. The van der Waals surface area contributed by atoms with Crippen LogP contribution in [0.3, 0.4) is 0 Å². The molecule has 0 atom stereocenters. The predicted molar refractivity (Wildman–Crippen MR) is 77.7 cm³/mol. The van der Waals surface area contributed by atoms with Crippen molar-refractivity contribution < 1.29 is 14.6 Å². The Balaban J connectivity index is 2.15. The molecule has 0 aliphatic rings. The monoisotopic (exact) mass is 286 g/mol. The minimum atomic E-state index is -0.493. The summed E-state index contributed by atoms with van der Waals surface area (Å²) in [4.78, 5) is 27.4. The van der Waals surface area contributed by atoms with Crippen molar-refractivity contribution in [2.24, 2.45) is 0 Å². The van der Waals surface area contributed by atoms with Gasteiger partial charge in [0.25, 0.3) is 11.6 Å². The first-order valence-corrected chi connectivity index (χ1v) is 6.27. The number of nitrogens with zero attached hydrogens (tertiary/aromatic N) is 2. The summed E-state index contributed by atoms with van der Waals surface area (Å²) in [5.41, 5.74) is 1.28. The Bertz CT molecular complexity index is 626. The molecular weight excluding hydrogens is 272 g/mol. The van der Waals surface area contributed by atoms with Crippen molar-refractivity contribution in [2.45, 2.75) is 6.42 Å². The van der Waals surface area contributed by atoms with E-state index in [0.717, 1.165) is 10.6 Å². The van der Waals surface area contributed by atoms with Crippen LogP contribution in [0.1, 0.15) is 5.56 Å². The van der Waals surface area contributed by atoms with Crippen LogP contribution in [0, 0.1) is 10.1 Å². The second-order valence-corrected chi connectivity index (χ2v) is 4.31. The standard InChI is InChI=1S/C15H14N2O4/c1-21-16(13-7-9-14(10-8-13)17(19)20)15(18)11-12-5-3-2-4-6-12/h2-10H,11H2,1H3. The van der Waals surface area contributed by atoms with Crippen LogP contribution in [-0.2, 0) is 16.1 Å². The molecule has 0 aliphatic heterocycles. The lowest BCUT2D eigenvalue weighted by atomic mass is 10.1. The third-order valence-electron chi connectivity index (χ3n) is 2.90. The van der Waals surface area contributed by atoms with Crippen LogP contribution in [-0.4, -0.2) is 17.9 Å². The lowest BCUT2D eigenvalue weighted by Gasteiger charge is -2.19. The van der Waals surface area contributed by atoms with E-state index in [0.29, 0.717) is 5.69 Å². The van der Waals surface area contributed by atoms with Crippen molar-refractivity contribution in [3.05, 3.63) is 70.3 Å². The van der Waals surface area contributed by atoms with Crippen molar-refractivity contribution in [3.63, 3.8) is 0 Å². The number of nitro groups is 1. The van der Waals surface area contributed by atoms with Crippen LogP contribution in [0.4, 0.5) is 11.4 Å². The highest BCUT2D eigenvalue weighted by molar-refractivity contribution is 5.92. The van der Waals surface area contributed by atoms with Gasteiger partial charge in [-0.25, -0.2) is 0 Å². The molecule has 1 amide bonds. The summed E-state index contributed by atoms with van der Waals surface area (Å²) in [6.45, 7) is 0. The Hall–Kier alpha value is -2.73. The minimum Gasteiger partial charge on any atom is -0.272 e. The summed E-state index contributed by atoms with van der Waals surface area (Å²) in [6.07, 6.45) is 0.186. The molecule has 108 valence electrons. The molecule has 0 radical (unpaired) electrons. The van der Waals surface area contributed by atoms with E-state index >= 15 is 0 Å². The van der Waals surface area contributed by atoms with Gasteiger partial charge in [-0.2, -0.15) is 5.06 Å². The van der Waals surface area contributed by atoms with E-state index in [1.807, 2.05) is 30.3 Å². The van der Waals surface area contributed by atoms with Gasteiger partial charge in [0.1, 0.15) is 0 Å². The summed E-state index contributed by atoms with van der Waals surface area (Å²) >= 11 is 0. The normalized spacial score (nSPS) is 10.1. The average molecular weight is 286 g/mol. The van der Waals surface area contributed by atoms with Crippen molar-refractivity contribution in [1.29, 1.82) is 0 Å². The number of rotatable bonds is 5. The van der Waals surface area contributed by atoms with Gasteiger partial charge >= 0.3 is 0 Å². The molecule has 0 aliphatic carbocycles. The smallest absolute Gasteiger partial charge is 0.269 e. The lowest BCUT2D eigenvalue weighted by molar-refractivity contribution is -0.384. The Morgan fingerprint density at radius 1 is 1.14 bits per heavy atom. The van der Waals surface area contributed by atoms with E-state index in [-0.39, 0.29) is 18.0 Å². The second-order valence-electron chi connectivity index (χ2n) is 4.31. The molecule has 0 saturated heterocycles. The van der Waals surface area contributed by atoms with Crippen molar-refractivity contribution in [1.82, 2.24) is 0 Å². The number of anilines is 1. The fourth-order valence-electron chi connectivity index (χ4n) is 1.90. The molecule has 0 spiro atoms. The van der Waals surface area contributed by atoms with Gasteiger partial charge in [0.2, 0.25) is 0 Å². The first kappa shape index (κ1) is 14.7. The van der Waals surface area contributed by atoms with Gasteiger partial charge in [0.15, 0.2) is 0 Å². The third-order valence-corrected chi connectivity index (χ3v) is 2.90. The zero-order chi connectivity index (χ0) is 15.2. The first-order valence-electron chi connectivity index (χ1n) is 6.27. The zero-order valence-electron chi connectivity index (χ0n) is 11.4. The largest absolute Gasteiger partial charge is 0.272 e. The number of hydrogen-bond donors (Lipinski definition) is 0. The van der Waals surface area contributed by atoms with E-state index in [1.54, 1.807) is 0 Å². The predicted octanol–water partition coefficient (Wildman–Crippen LogP) is 2.73. The Morgan fingerprint density at radius 2 is 1.76 bits per heavy atom. The number of nitro benzene ring substituents is 1. The van der Waals surface area contributed by atoms with Crippen LogP contribution in [0.25, 0.3) is 0 Å².